The van der Waals surface area contributed by atoms with E-state index < -0.39 is 17.9 Å². The second kappa shape index (κ2) is 6.68. The van der Waals surface area contributed by atoms with Gasteiger partial charge in [0.05, 0.1) is 0 Å². The van der Waals surface area contributed by atoms with Crippen LogP contribution in [0.25, 0.3) is 0 Å². The third kappa shape index (κ3) is 3.79. The predicted molar refractivity (Wildman–Crippen MR) is 75.3 cm³/mol. The molecule has 1 aliphatic heterocycles. The fraction of sp³-hybridized carbons (Fsp3) is 0.714. The van der Waals surface area contributed by atoms with Crippen LogP contribution in [0, 0.1) is 0 Å². The summed E-state index contributed by atoms with van der Waals surface area (Å²) in [5, 5.41) is 3.48. The van der Waals surface area contributed by atoms with E-state index in [1.807, 2.05) is 0 Å². The van der Waals surface area contributed by atoms with Crippen LogP contribution in [0.15, 0.2) is 12.3 Å². The molecule has 8 heteroatoms. The number of nitrogens with zero attached hydrogens (tertiary/aromatic N) is 4. The van der Waals surface area contributed by atoms with Crippen LogP contribution in [0.5, 0.6) is 0 Å². The third-order valence-corrected chi connectivity index (χ3v) is 3.88. The summed E-state index contributed by atoms with van der Waals surface area (Å²) in [4.78, 5) is 16.4. The Morgan fingerprint density at radius 2 is 1.95 bits per heavy atom. The maximum Gasteiger partial charge on any atom is 0.435 e. The number of carbonyl (C=O) groups excluding carboxylic acids is 1. The molecule has 1 aliphatic rings. The summed E-state index contributed by atoms with van der Waals surface area (Å²) in [5.41, 5.74) is -0.972. The number of carbonyl (C=O) groups is 1. The SMILES string of the molecule is CCCN1CCN(C(=O)C(C)n2ccc(C(F)(F)F)n2)CC1. The number of hydrogen-bond donors (Lipinski definition) is 0. The van der Waals surface area contributed by atoms with Crippen molar-refractivity contribution in [1.82, 2.24) is 19.6 Å². The Morgan fingerprint density at radius 3 is 2.45 bits per heavy atom. The van der Waals surface area contributed by atoms with Gasteiger partial charge >= 0.3 is 6.18 Å². The molecule has 1 aromatic rings. The molecule has 1 amide bonds. The topological polar surface area (TPSA) is 41.4 Å². The molecule has 1 atom stereocenters. The van der Waals surface area contributed by atoms with Crippen molar-refractivity contribution in [3.8, 4) is 0 Å². The molecule has 0 bridgehead atoms. The highest BCUT2D eigenvalue weighted by Gasteiger charge is 2.35. The van der Waals surface area contributed by atoms with E-state index >= 15 is 0 Å². The molecule has 0 radical (unpaired) electrons. The van der Waals surface area contributed by atoms with Gasteiger partial charge in [-0.25, -0.2) is 0 Å². The molecular weight excluding hydrogens is 297 g/mol. The average molecular weight is 318 g/mol. The summed E-state index contributed by atoms with van der Waals surface area (Å²) in [6.07, 6.45) is -2.21. The van der Waals surface area contributed by atoms with Crippen molar-refractivity contribution in [1.29, 1.82) is 0 Å². The molecule has 1 aromatic heterocycles. The van der Waals surface area contributed by atoms with Gasteiger partial charge in [-0.2, -0.15) is 18.3 Å². The fourth-order valence-corrected chi connectivity index (χ4v) is 2.59. The molecule has 0 spiro atoms. The first kappa shape index (κ1) is 16.8. The van der Waals surface area contributed by atoms with E-state index in [-0.39, 0.29) is 5.91 Å². The normalized spacial score (nSPS) is 18.5. The minimum atomic E-state index is -4.49. The Balaban J connectivity index is 1.96. The molecule has 5 nitrogen and oxygen atoms in total. The molecule has 1 fully saturated rings. The van der Waals surface area contributed by atoms with Gasteiger partial charge in [0.15, 0.2) is 5.69 Å². The highest BCUT2D eigenvalue weighted by atomic mass is 19.4. The number of piperazine rings is 1. The van der Waals surface area contributed by atoms with Crippen molar-refractivity contribution in [3.05, 3.63) is 18.0 Å². The van der Waals surface area contributed by atoms with Gasteiger partial charge in [0.2, 0.25) is 5.91 Å². The van der Waals surface area contributed by atoms with Crippen LogP contribution in [0.1, 0.15) is 32.0 Å². The Bertz CT molecular complexity index is 506. The van der Waals surface area contributed by atoms with Crippen LogP contribution in [0.4, 0.5) is 13.2 Å². The Hall–Kier alpha value is -1.57. The first-order valence-electron chi connectivity index (χ1n) is 7.46. The zero-order valence-electron chi connectivity index (χ0n) is 12.8. The number of alkyl halides is 3. The second-order valence-electron chi connectivity index (χ2n) is 5.52. The van der Waals surface area contributed by atoms with E-state index in [1.54, 1.807) is 11.8 Å². The maximum absolute atomic E-state index is 12.6. The molecule has 124 valence electrons. The minimum absolute atomic E-state index is 0.187. The third-order valence-electron chi connectivity index (χ3n) is 3.88. The first-order valence-corrected chi connectivity index (χ1v) is 7.46. The fourth-order valence-electron chi connectivity index (χ4n) is 2.59. The van der Waals surface area contributed by atoms with Gasteiger partial charge in [0.25, 0.3) is 0 Å². The summed E-state index contributed by atoms with van der Waals surface area (Å²) in [5.74, 6) is -0.187. The van der Waals surface area contributed by atoms with Gasteiger partial charge in [-0.3, -0.25) is 14.4 Å². The number of hydrogen-bond acceptors (Lipinski definition) is 3. The first-order chi connectivity index (χ1) is 10.3. The number of amides is 1. The lowest BCUT2D eigenvalue weighted by Gasteiger charge is -2.35. The van der Waals surface area contributed by atoms with Gasteiger partial charge in [0, 0.05) is 32.4 Å². The lowest BCUT2D eigenvalue weighted by molar-refractivity contribution is -0.143. The van der Waals surface area contributed by atoms with Gasteiger partial charge in [-0.1, -0.05) is 6.92 Å². The molecule has 0 saturated carbocycles. The van der Waals surface area contributed by atoms with E-state index in [4.69, 9.17) is 0 Å². The van der Waals surface area contributed by atoms with Crippen LogP contribution >= 0.6 is 0 Å². The largest absolute Gasteiger partial charge is 0.435 e. The van der Waals surface area contributed by atoms with Crippen molar-refractivity contribution in [2.45, 2.75) is 32.5 Å². The monoisotopic (exact) mass is 318 g/mol. The standard InChI is InChI=1S/C14H21F3N4O/c1-3-5-19-7-9-20(10-8-19)13(22)11(2)21-6-4-12(18-21)14(15,16)17/h4,6,11H,3,5,7-10H2,1-2H3. The number of halogens is 3. The van der Waals surface area contributed by atoms with Crippen LogP contribution in [-0.2, 0) is 11.0 Å². The highest BCUT2D eigenvalue weighted by Crippen LogP contribution is 2.28. The summed E-state index contributed by atoms with van der Waals surface area (Å²) in [6, 6.07) is 0.164. The molecule has 1 unspecified atom stereocenters. The zero-order chi connectivity index (χ0) is 16.3. The second-order valence-corrected chi connectivity index (χ2v) is 5.52. The zero-order valence-corrected chi connectivity index (χ0v) is 12.8. The minimum Gasteiger partial charge on any atom is -0.338 e. The number of aromatic nitrogens is 2. The van der Waals surface area contributed by atoms with Crippen molar-refractivity contribution in [2.75, 3.05) is 32.7 Å². The van der Waals surface area contributed by atoms with Crippen molar-refractivity contribution in [3.63, 3.8) is 0 Å². The highest BCUT2D eigenvalue weighted by molar-refractivity contribution is 5.80. The van der Waals surface area contributed by atoms with Crippen LogP contribution in [-0.4, -0.2) is 58.2 Å². The molecule has 0 aliphatic carbocycles. The lowest BCUT2D eigenvalue weighted by Crippen LogP contribution is -2.50. The average Bonchev–Trinajstić information content (AvgIpc) is 2.97. The van der Waals surface area contributed by atoms with Crippen molar-refractivity contribution < 1.29 is 18.0 Å². The predicted octanol–water partition coefficient (Wildman–Crippen LogP) is 2.02. The van der Waals surface area contributed by atoms with Crippen molar-refractivity contribution >= 4 is 5.91 Å². The molecule has 0 aromatic carbocycles. The molecule has 1 saturated heterocycles. The quantitative estimate of drug-likeness (QED) is 0.853. The Morgan fingerprint density at radius 1 is 1.32 bits per heavy atom. The molecule has 0 N–H and O–H groups in total. The summed E-state index contributed by atoms with van der Waals surface area (Å²) >= 11 is 0. The van der Waals surface area contributed by atoms with Crippen LogP contribution < -0.4 is 0 Å². The summed E-state index contributed by atoms with van der Waals surface area (Å²) in [6.45, 7) is 7.51. The number of rotatable bonds is 4. The van der Waals surface area contributed by atoms with Crippen molar-refractivity contribution in [2.24, 2.45) is 0 Å². The maximum atomic E-state index is 12.6. The summed E-state index contributed by atoms with van der Waals surface area (Å²) < 4.78 is 38.8. The summed E-state index contributed by atoms with van der Waals surface area (Å²) in [7, 11) is 0. The van der Waals surface area contributed by atoms with Gasteiger partial charge in [-0.05, 0) is 26.0 Å². The van der Waals surface area contributed by atoms with E-state index in [0.29, 0.717) is 13.1 Å². The van der Waals surface area contributed by atoms with E-state index in [9.17, 15) is 18.0 Å². The molecule has 2 rings (SSSR count). The van der Waals surface area contributed by atoms with Gasteiger partial charge in [-0.15, -0.1) is 0 Å². The van der Waals surface area contributed by atoms with E-state index in [0.717, 1.165) is 36.8 Å². The van der Waals surface area contributed by atoms with Gasteiger partial charge < -0.3 is 4.90 Å². The lowest BCUT2D eigenvalue weighted by atomic mass is 10.2. The van der Waals surface area contributed by atoms with Gasteiger partial charge in [0.1, 0.15) is 6.04 Å². The Labute approximate surface area is 127 Å². The van der Waals surface area contributed by atoms with Crippen LogP contribution in [0.3, 0.4) is 0 Å². The Kier molecular flexibility index (Phi) is 5.10. The van der Waals surface area contributed by atoms with E-state index in [1.165, 1.54) is 6.20 Å². The molecular formula is C14H21F3N4O. The smallest absolute Gasteiger partial charge is 0.338 e. The molecule has 2 heterocycles. The van der Waals surface area contributed by atoms with Crippen LogP contribution in [0.2, 0.25) is 0 Å². The van der Waals surface area contributed by atoms with E-state index in [2.05, 4.69) is 16.9 Å². The molecule has 22 heavy (non-hydrogen) atoms.